The number of phenols is 3. The van der Waals surface area contributed by atoms with Gasteiger partial charge < -0.3 is 29.5 Å². The Hall–Kier alpha value is -3.54. The Kier molecular flexibility index (Phi) is 5.46. The van der Waals surface area contributed by atoms with Gasteiger partial charge in [0.25, 0.3) is 0 Å². The average molecular weight is 396 g/mol. The Morgan fingerprint density at radius 2 is 0.828 bits per heavy atom. The van der Waals surface area contributed by atoms with Gasteiger partial charge in [0.05, 0.1) is 21.3 Å². The second-order valence-electron chi connectivity index (χ2n) is 6.78. The first kappa shape index (κ1) is 20.2. The predicted molar refractivity (Wildman–Crippen MR) is 110 cm³/mol. The summed E-state index contributed by atoms with van der Waals surface area (Å²) in [7, 11) is 4.47. The van der Waals surface area contributed by atoms with E-state index in [0.717, 1.165) is 16.7 Å². The molecule has 0 aliphatic heterocycles. The first-order chi connectivity index (χ1) is 13.8. The maximum Gasteiger partial charge on any atom is 0.160 e. The number of methoxy groups -OCH3 is 3. The highest BCUT2D eigenvalue weighted by Crippen LogP contribution is 2.45. The van der Waals surface area contributed by atoms with Gasteiger partial charge in [-0.2, -0.15) is 0 Å². The number of phenolic OH excluding ortho intramolecular Hbond substituents is 3. The van der Waals surface area contributed by atoms with Gasteiger partial charge in [-0.25, -0.2) is 0 Å². The molecule has 0 amide bonds. The van der Waals surface area contributed by atoms with Crippen LogP contribution in [0.4, 0.5) is 0 Å². The van der Waals surface area contributed by atoms with E-state index >= 15 is 0 Å². The van der Waals surface area contributed by atoms with Crippen LogP contribution in [0.15, 0.2) is 54.6 Å². The van der Waals surface area contributed by atoms with Crippen LogP contribution in [0.1, 0.15) is 23.6 Å². The van der Waals surface area contributed by atoms with Gasteiger partial charge in [-0.3, -0.25) is 0 Å². The van der Waals surface area contributed by atoms with Crippen LogP contribution in [-0.2, 0) is 5.41 Å². The predicted octanol–water partition coefficient (Wildman–Crippen LogP) is 4.18. The topological polar surface area (TPSA) is 88.4 Å². The lowest BCUT2D eigenvalue weighted by molar-refractivity contribution is 0.369. The molecule has 0 aliphatic carbocycles. The van der Waals surface area contributed by atoms with E-state index in [4.69, 9.17) is 14.2 Å². The highest BCUT2D eigenvalue weighted by molar-refractivity contribution is 5.58. The van der Waals surface area contributed by atoms with E-state index in [1.807, 2.05) is 6.92 Å². The first-order valence-electron chi connectivity index (χ1n) is 8.97. The summed E-state index contributed by atoms with van der Waals surface area (Å²) in [5.74, 6) is 1.11. The van der Waals surface area contributed by atoms with Gasteiger partial charge in [-0.1, -0.05) is 18.2 Å². The van der Waals surface area contributed by atoms with E-state index in [2.05, 4.69) is 0 Å². The Balaban J connectivity index is 2.32. The van der Waals surface area contributed by atoms with Gasteiger partial charge in [0.1, 0.15) is 0 Å². The van der Waals surface area contributed by atoms with E-state index < -0.39 is 5.41 Å². The summed E-state index contributed by atoms with van der Waals surface area (Å²) in [5.41, 5.74) is 1.73. The number of benzene rings is 3. The molecular weight excluding hydrogens is 372 g/mol. The summed E-state index contributed by atoms with van der Waals surface area (Å²) in [6.07, 6.45) is 0. The minimum Gasteiger partial charge on any atom is -0.504 e. The molecule has 152 valence electrons. The molecule has 3 aromatic rings. The zero-order valence-electron chi connectivity index (χ0n) is 16.8. The Labute approximate surface area is 169 Å². The fourth-order valence-corrected chi connectivity index (χ4v) is 3.47. The molecule has 0 aromatic heterocycles. The maximum absolute atomic E-state index is 10.0. The van der Waals surface area contributed by atoms with Crippen molar-refractivity contribution in [2.45, 2.75) is 12.3 Å². The van der Waals surface area contributed by atoms with Crippen molar-refractivity contribution < 1.29 is 29.5 Å². The Morgan fingerprint density at radius 1 is 0.552 bits per heavy atom. The Morgan fingerprint density at radius 3 is 1.07 bits per heavy atom. The van der Waals surface area contributed by atoms with Gasteiger partial charge in [0.15, 0.2) is 34.5 Å². The van der Waals surface area contributed by atoms with E-state index in [1.165, 1.54) is 21.3 Å². The highest BCUT2D eigenvalue weighted by Gasteiger charge is 2.33. The number of hydrogen-bond donors (Lipinski definition) is 3. The molecule has 0 saturated heterocycles. The van der Waals surface area contributed by atoms with Crippen molar-refractivity contribution in [3.05, 3.63) is 71.3 Å². The maximum atomic E-state index is 10.0. The van der Waals surface area contributed by atoms with Crippen LogP contribution in [0.2, 0.25) is 0 Å². The monoisotopic (exact) mass is 396 g/mol. The molecule has 0 atom stereocenters. The molecule has 29 heavy (non-hydrogen) atoms. The van der Waals surface area contributed by atoms with Crippen molar-refractivity contribution in [3.63, 3.8) is 0 Å². The molecule has 3 rings (SSSR count). The summed E-state index contributed by atoms with van der Waals surface area (Å²) in [4.78, 5) is 0. The minimum atomic E-state index is -0.747. The standard InChI is InChI=1S/C23H24O6/c1-23(14-5-8-17(24)20(11-14)27-2,15-6-9-18(25)21(12-15)28-3)16-7-10-19(26)22(13-16)29-4/h5-13,24-26H,1-4H3. The fourth-order valence-electron chi connectivity index (χ4n) is 3.47. The first-order valence-corrected chi connectivity index (χ1v) is 8.97. The third-order valence-electron chi connectivity index (χ3n) is 5.27. The molecule has 6 heteroatoms. The van der Waals surface area contributed by atoms with Gasteiger partial charge in [-0.15, -0.1) is 0 Å². The second-order valence-corrected chi connectivity index (χ2v) is 6.78. The lowest BCUT2D eigenvalue weighted by Gasteiger charge is -2.33. The van der Waals surface area contributed by atoms with Crippen molar-refractivity contribution in [2.24, 2.45) is 0 Å². The van der Waals surface area contributed by atoms with Crippen LogP contribution >= 0.6 is 0 Å². The molecule has 3 N–H and O–H groups in total. The van der Waals surface area contributed by atoms with E-state index in [1.54, 1.807) is 54.6 Å². The van der Waals surface area contributed by atoms with E-state index in [9.17, 15) is 15.3 Å². The van der Waals surface area contributed by atoms with Gasteiger partial charge in [0, 0.05) is 5.41 Å². The fraction of sp³-hybridized carbons (Fsp3) is 0.217. The quantitative estimate of drug-likeness (QED) is 0.542. The summed E-state index contributed by atoms with van der Waals surface area (Å²) >= 11 is 0. The number of ether oxygens (including phenoxy) is 3. The summed E-state index contributed by atoms with van der Waals surface area (Å²) in [6.45, 7) is 2.00. The van der Waals surface area contributed by atoms with Crippen LogP contribution in [0, 0.1) is 0 Å². The van der Waals surface area contributed by atoms with Gasteiger partial charge in [0.2, 0.25) is 0 Å². The van der Waals surface area contributed by atoms with Crippen LogP contribution in [0.5, 0.6) is 34.5 Å². The van der Waals surface area contributed by atoms with Crippen LogP contribution in [0.25, 0.3) is 0 Å². The number of aromatic hydroxyl groups is 3. The molecule has 0 unspecified atom stereocenters. The zero-order valence-corrected chi connectivity index (χ0v) is 16.8. The SMILES string of the molecule is COc1cc(C(C)(c2ccc(O)c(OC)c2)c2ccc(O)c(OC)c2)ccc1O. The lowest BCUT2D eigenvalue weighted by atomic mass is 9.71. The molecular formula is C23H24O6. The normalized spacial score (nSPS) is 11.2. The molecule has 0 aliphatic rings. The lowest BCUT2D eigenvalue weighted by Crippen LogP contribution is -2.25. The van der Waals surface area contributed by atoms with Crippen LogP contribution in [-0.4, -0.2) is 36.6 Å². The van der Waals surface area contributed by atoms with Gasteiger partial charge in [-0.05, 0) is 60.0 Å². The third-order valence-corrected chi connectivity index (χ3v) is 5.27. The van der Waals surface area contributed by atoms with Crippen molar-refractivity contribution in [1.82, 2.24) is 0 Å². The summed E-state index contributed by atoms with van der Waals surface area (Å²) in [6, 6.07) is 15.4. The number of hydrogen-bond acceptors (Lipinski definition) is 6. The van der Waals surface area contributed by atoms with Crippen molar-refractivity contribution >= 4 is 0 Å². The minimum absolute atomic E-state index is 0.0326. The molecule has 0 saturated carbocycles. The zero-order chi connectivity index (χ0) is 21.2. The molecule has 3 aromatic carbocycles. The molecule has 6 nitrogen and oxygen atoms in total. The molecule has 0 fully saturated rings. The smallest absolute Gasteiger partial charge is 0.160 e. The third kappa shape index (κ3) is 3.49. The summed E-state index contributed by atoms with van der Waals surface area (Å²) < 4.78 is 15.9. The highest BCUT2D eigenvalue weighted by atomic mass is 16.5. The number of rotatable bonds is 6. The van der Waals surface area contributed by atoms with Crippen LogP contribution < -0.4 is 14.2 Å². The largest absolute Gasteiger partial charge is 0.504 e. The second kappa shape index (κ2) is 7.83. The van der Waals surface area contributed by atoms with Crippen molar-refractivity contribution in [3.8, 4) is 34.5 Å². The molecule has 0 spiro atoms. The molecule has 0 radical (unpaired) electrons. The summed E-state index contributed by atoms with van der Waals surface area (Å²) in [5, 5.41) is 30.1. The molecule has 0 bridgehead atoms. The van der Waals surface area contributed by atoms with Crippen molar-refractivity contribution in [2.75, 3.05) is 21.3 Å². The van der Waals surface area contributed by atoms with Crippen LogP contribution in [0.3, 0.4) is 0 Å². The van der Waals surface area contributed by atoms with E-state index in [0.29, 0.717) is 17.2 Å². The average Bonchev–Trinajstić information content (AvgIpc) is 2.74. The van der Waals surface area contributed by atoms with Gasteiger partial charge >= 0.3 is 0 Å². The Bertz CT molecular complexity index is 898. The van der Waals surface area contributed by atoms with Crippen molar-refractivity contribution in [1.29, 1.82) is 0 Å². The molecule has 0 heterocycles. The van der Waals surface area contributed by atoms with E-state index in [-0.39, 0.29) is 17.2 Å².